The van der Waals surface area contributed by atoms with Gasteiger partial charge >= 0.3 is 6.36 Å². The van der Waals surface area contributed by atoms with Crippen molar-refractivity contribution in [2.24, 2.45) is 0 Å². The summed E-state index contributed by atoms with van der Waals surface area (Å²) in [6.07, 6.45) is -2.90. The minimum absolute atomic E-state index is 0.139. The molecule has 1 aliphatic rings. The molecule has 1 N–H and O–H groups in total. The van der Waals surface area contributed by atoms with Gasteiger partial charge in [-0.1, -0.05) is 0 Å². The number of rotatable bonds is 5. The minimum Gasteiger partial charge on any atom is -0.406 e. The molecule has 1 amide bonds. The van der Waals surface area contributed by atoms with Gasteiger partial charge in [-0.05, 0) is 50.1 Å². The number of nitrogens with one attached hydrogen (secondary N) is 1. The summed E-state index contributed by atoms with van der Waals surface area (Å²) in [6.45, 7) is 3.08. The van der Waals surface area contributed by atoms with Crippen LogP contribution in [0.4, 0.5) is 30.2 Å². The van der Waals surface area contributed by atoms with E-state index in [9.17, 15) is 28.1 Å². The van der Waals surface area contributed by atoms with Gasteiger partial charge in [0.2, 0.25) is 0 Å². The van der Waals surface area contributed by atoms with E-state index in [0.717, 1.165) is 38.1 Å². The zero-order chi connectivity index (χ0) is 21.2. The summed E-state index contributed by atoms with van der Waals surface area (Å²) < 4.78 is 40.5. The van der Waals surface area contributed by atoms with Crippen LogP contribution in [0.5, 0.6) is 5.75 Å². The van der Waals surface area contributed by atoms with E-state index in [1.165, 1.54) is 18.2 Å². The van der Waals surface area contributed by atoms with Crippen molar-refractivity contribution in [3.63, 3.8) is 0 Å². The van der Waals surface area contributed by atoms with Crippen LogP contribution < -0.4 is 15.0 Å². The molecule has 1 heterocycles. The van der Waals surface area contributed by atoms with Crippen molar-refractivity contribution in [1.82, 2.24) is 0 Å². The zero-order valence-corrected chi connectivity index (χ0v) is 15.5. The Morgan fingerprint density at radius 2 is 1.79 bits per heavy atom. The van der Waals surface area contributed by atoms with Crippen LogP contribution in [-0.4, -0.2) is 30.3 Å². The monoisotopic (exact) mass is 409 g/mol. The molecule has 1 aliphatic heterocycles. The first-order valence-electron chi connectivity index (χ1n) is 8.85. The van der Waals surface area contributed by atoms with Crippen LogP contribution in [0.15, 0.2) is 36.4 Å². The van der Waals surface area contributed by atoms with Crippen molar-refractivity contribution >= 4 is 23.0 Å². The Hall–Kier alpha value is -3.30. The lowest BCUT2D eigenvalue weighted by atomic mass is 10.1. The first kappa shape index (κ1) is 20.4. The second-order valence-electron chi connectivity index (χ2n) is 6.63. The lowest BCUT2D eigenvalue weighted by Gasteiger charge is -2.21. The summed E-state index contributed by atoms with van der Waals surface area (Å²) in [6, 6.07) is 7.52. The minimum atomic E-state index is -4.81. The van der Waals surface area contributed by atoms with E-state index < -0.39 is 22.9 Å². The number of amides is 1. The van der Waals surface area contributed by atoms with Gasteiger partial charge in [-0.25, -0.2) is 0 Å². The maximum absolute atomic E-state index is 12.8. The SMILES string of the molecule is Cc1cc(N2CCCC2)c(C(=O)Nc2ccc(OC(F)(F)F)cc2)cc1[N+](=O)[O-]. The molecular weight excluding hydrogens is 391 g/mol. The molecule has 0 spiro atoms. The van der Waals surface area contributed by atoms with Gasteiger partial charge in [0.15, 0.2) is 0 Å². The van der Waals surface area contributed by atoms with Gasteiger partial charge in [0, 0.05) is 30.4 Å². The van der Waals surface area contributed by atoms with Gasteiger partial charge < -0.3 is 15.0 Å². The molecule has 0 aliphatic carbocycles. The molecule has 3 rings (SSSR count). The van der Waals surface area contributed by atoms with Gasteiger partial charge in [0.1, 0.15) is 5.75 Å². The van der Waals surface area contributed by atoms with E-state index >= 15 is 0 Å². The molecule has 7 nitrogen and oxygen atoms in total. The van der Waals surface area contributed by atoms with Crippen LogP contribution >= 0.6 is 0 Å². The smallest absolute Gasteiger partial charge is 0.406 e. The second kappa shape index (κ2) is 7.98. The molecule has 0 saturated carbocycles. The zero-order valence-electron chi connectivity index (χ0n) is 15.5. The molecular formula is C19H18F3N3O4. The summed E-state index contributed by atoms with van der Waals surface area (Å²) in [4.78, 5) is 25.6. The molecule has 0 bridgehead atoms. The van der Waals surface area contributed by atoms with E-state index in [1.54, 1.807) is 13.0 Å². The molecule has 1 saturated heterocycles. The topological polar surface area (TPSA) is 84.7 Å². The number of aryl methyl sites for hydroxylation is 1. The average molecular weight is 409 g/mol. The Morgan fingerprint density at radius 1 is 1.17 bits per heavy atom. The van der Waals surface area contributed by atoms with Crippen molar-refractivity contribution in [1.29, 1.82) is 0 Å². The third-order valence-corrected chi connectivity index (χ3v) is 4.55. The quantitative estimate of drug-likeness (QED) is 0.574. The Morgan fingerprint density at radius 3 is 2.34 bits per heavy atom. The number of ether oxygens (including phenoxy) is 1. The number of nitro groups is 1. The van der Waals surface area contributed by atoms with Gasteiger partial charge in [-0.2, -0.15) is 0 Å². The Labute approximate surface area is 164 Å². The standard InChI is InChI=1S/C19H18F3N3O4/c1-12-10-17(24-8-2-3-9-24)15(11-16(12)25(27)28)18(26)23-13-4-6-14(7-5-13)29-19(20,21)22/h4-7,10-11H,2-3,8-9H2,1H3,(H,23,26). The van der Waals surface area contributed by atoms with Gasteiger partial charge in [-0.3, -0.25) is 14.9 Å². The van der Waals surface area contributed by atoms with E-state index in [0.29, 0.717) is 11.3 Å². The van der Waals surface area contributed by atoms with Crippen LogP contribution in [0.3, 0.4) is 0 Å². The number of anilines is 2. The lowest BCUT2D eigenvalue weighted by molar-refractivity contribution is -0.385. The highest BCUT2D eigenvalue weighted by atomic mass is 19.4. The molecule has 0 radical (unpaired) electrons. The Kier molecular flexibility index (Phi) is 5.62. The molecule has 29 heavy (non-hydrogen) atoms. The van der Waals surface area contributed by atoms with Crippen LogP contribution in [0.2, 0.25) is 0 Å². The molecule has 0 aromatic heterocycles. The maximum atomic E-state index is 12.8. The summed E-state index contributed by atoms with van der Waals surface area (Å²) in [7, 11) is 0. The number of hydrogen-bond donors (Lipinski definition) is 1. The normalized spacial score (nSPS) is 14.0. The number of carbonyl (C=O) groups excluding carboxylic acids is 1. The third-order valence-electron chi connectivity index (χ3n) is 4.55. The molecule has 1 fully saturated rings. The van der Waals surface area contributed by atoms with Crippen molar-refractivity contribution < 1.29 is 27.6 Å². The van der Waals surface area contributed by atoms with Crippen LogP contribution in [0.1, 0.15) is 28.8 Å². The Balaban J connectivity index is 1.87. The highest BCUT2D eigenvalue weighted by Crippen LogP contribution is 2.32. The fourth-order valence-electron chi connectivity index (χ4n) is 3.22. The number of halogens is 3. The van der Waals surface area contributed by atoms with Crippen LogP contribution in [0.25, 0.3) is 0 Å². The number of benzene rings is 2. The first-order valence-corrected chi connectivity index (χ1v) is 8.85. The van der Waals surface area contributed by atoms with Gasteiger partial charge in [0.05, 0.1) is 16.2 Å². The number of alkyl halides is 3. The summed E-state index contributed by atoms with van der Waals surface area (Å²) in [5.41, 5.74) is 1.24. The number of nitro benzene ring substituents is 1. The van der Waals surface area contributed by atoms with Crippen molar-refractivity contribution in [3.05, 3.63) is 57.6 Å². The number of hydrogen-bond acceptors (Lipinski definition) is 5. The molecule has 10 heteroatoms. The first-order chi connectivity index (χ1) is 13.6. The molecule has 2 aromatic carbocycles. The van der Waals surface area contributed by atoms with Crippen molar-refractivity contribution in [2.45, 2.75) is 26.1 Å². The largest absolute Gasteiger partial charge is 0.573 e. The van der Waals surface area contributed by atoms with E-state index in [2.05, 4.69) is 10.1 Å². The Bertz CT molecular complexity index is 924. The molecule has 154 valence electrons. The number of nitrogens with zero attached hydrogens (tertiary/aromatic N) is 2. The summed E-state index contributed by atoms with van der Waals surface area (Å²) in [5.74, 6) is -1.00. The second-order valence-corrected chi connectivity index (χ2v) is 6.63. The molecule has 0 atom stereocenters. The fourth-order valence-corrected chi connectivity index (χ4v) is 3.22. The predicted octanol–water partition coefficient (Wildman–Crippen LogP) is 4.65. The third kappa shape index (κ3) is 4.95. The molecule has 0 unspecified atom stereocenters. The van der Waals surface area contributed by atoms with Gasteiger partial charge in [-0.15, -0.1) is 13.2 Å². The lowest BCUT2D eigenvalue weighted by Crippen LogP contribution is -2.23. The van der Waals surface area contributed by atoms with Crippen molar-refractivity contribution in [2.75, 3.05) is 23.3 Å². The number of carbonyl (C=O) groups is 1. The predicted molar refractivity (Wildman–Crippen MR) is 100 cm³/mol. The average Bonchev–Trinajstić information content (AvgIpc) is 3.16. The van der Waals surface area contributed by atoms with E-state index in [1.807, 2.05) is 4.90 Å². The van der Waals surface area contributed by atoms with Crippen LogP contribution in [-0.2, 0) is 0 Å². The summed E-state index contributed by atoms with van der Waals surface area (Å²) >= 11 is 0. The van der Waals surface area contributed by atoms with Crippen LogP contribution in [0, 0.1) is 17.0 Å². The maximum Gasteiger partial charge on any atom is 0.573 e. The van der Waals surface area contributed by atoms with Gasteiger partial charge in [0.25, 0.3) is 11.6 Å². The van der Waals surface area contributed by atoms with E-state index in [-0.39, 0.29) is 16.9 Å². The molecule has 2 aromatic rings. The van der Waals surface area contributed by atoms with Crippen molar-refractivity contribution in [3.8, 4) is 5.75 Å². The summed E-state index contributed by atoms with van der Waals surface area (Å²) in [5, 5.41) is 13.9. The fraction of sp³-hybridized carbons (Fsp3) is 0.316. The highest BCUT2D eigenvalue weighted by Gasteiger charge is 2.31. The van der Waals surface area contributed by atoms with E-state index in [4.69, 9.17) is 0 Å². The highest BCUT2D eigenvalue weighted by molar-refractivity contribution is 6.08.